The Hall–Kier alpha value is -1.13. The predicted octanol–water partition coefficient (Wildman–Crippen LogP) is 4.40. The third kappa shape index (κ3) is 3.45. The highest BCUT2D eigenvalue weighted by Gasteiger charge is 2.14. The first kappa shape index (κ1) is 14.3. The molecule has 1 unspecified atom stereocenters. The lowest BCUT2D eigenvalue weighted by atomic mass is 10.1. The molecule has 0 bridgehead atoms. The van der Waals surface area contributed by atoms with Crippen molar-refractivity contribution in [1.82, 2.24) is 9.97 Å². The van der Waals surface area contributed by atoms with Gasteiger partial charge in [-0.25, -0.2) is 9.97 Å². The van der Waals surface area contributed by atoms with Crippen LogP contribution in [0.25, 0.3) is 0 Å². The van der Waals surface area contributed by atoms with E-state index in [4.69, 9.17) is 11.6 Å². The van der Waals surface area contributed by atoms with Crippen molar-refractivity contribution >= 4 is 33.3 Å². The molecular formula is C14H15BrClN3. The Morgan fingerprint density at radius 1 is 1.21 bits per heavy atom. The number of nitrogens with zero attached hydrogens (tertiary/aromatic N) is 3. The molecule has 0 aliphatic heterocycles. The molecule has 5 heteroatoms. The van der Waals surface area contributed by atoms with E-state index in [1.165, 1.54) is 5.56 Å². The van der Waals surface area contributed by atoms with Crippen LogP contribution in [0.5, 0.6) is 0 Å². The lowest BCUT2D eigenvalue weighted by Crippen LogP contribution is -2.23. The van der Waals surface area contributed by atoms with Crippen molar-refractivity contribution in [2.75, 3.05) is 11.9 Å². The predicted molar refractivity (Wildman–Crippen MR) is 82.7 cm³/mol. The number of benzene rings is 1. The van der Waals surface area contributed by atoms with E-state index in [2.05, 4.69) is 37.7 Å². The second kappa shape index (κ2) is 5.88. The minimum atomic E-state index is 0.207. The van der Waals surface area contributed by atoms with E-state index in [0.717, 1.165) is 21.3 Å². The normalized spacial score (nSPS) is 12.3. The number of hydrogen-bond donors (Lipinski definition) is 0. The highest BCUT2D eigenvalue weighted by molar-refractivity contribution is 9.10. The molecule has 0 fully saturated rings. The number of halogens is 2. The molecule has 0 N–H and O–H groups in total. The third-order valence-electron chi connectivity index (χ3n) is 3.09. The largest absolute Gasteiger partial charge is 0.353 e. The van der Waals surface area contributed by atoms with Crippen molar-refractivity contribution in [2.45, 2.75) is 19.9 Å². The summed E-state index contributed by atoms with van der Waals surface area (Å²) in [5.41, 5.74) is 1.19. The SMILES string of the molecule is Cc1nc(Br)cc(N(C)C(C)c2ccc(Cl)cc2)n1. The molecular weight excluding hydrogens is 326 g/mol. The summed E-state index contributed by atoms with van der Waals surface area (Å²) < 4.78 is 0.796. The van der Waals surface area contributed by atoms with Gasteiger partial charge < -0.3 is 4.90 Å². The first-order valence-electron chi connectivity index (χ1n) is 5.97. The van der Waals surface area contributed by atoms with Crippen LogP contribution in [-0.2, 0) is 0 Å². The Morgan fingerprint density at radius 2 is 1.84 bits per heavy atom. The Bertz CT molecular complexity index is 551. The highest BCUT2D eigenvalue weighted by Crippen LogP contribution is 2.26. The molecule has 0 saturated heterocycles. The summed E-state index contributed by atoms with van der Waals surface area (Å²) in [6, 6.07) is 10.0. The Morgan fingerprint density at radius 3 is 2.42 bits per heavy atom. The molecule has 0 aliphatic rings. The average molecular weight is 341 g/mol. The first-order chi connectivity index (χ1) is 8.97. The minimum absolute atomic E-state index is 0.207. The van der Waals surface area contributed by atoms with Crippen molar-refractivity contribution in [1.29, 1.82) is 0 Å². The van der Waals surface area contributed by atoms with Crippen LogP contribution in [0.4, 0.5) is 5.82 Å². The number of anilines is 1. The fourth-order valence-electron chi connectivity index (χ4n) is 1.86. The van der Waals surface area contributed by atoms with Crippen LogP contribution in [0.3, 0.4) is 0 Å². The van der Waals surface area contributed by atoms with Crippen molar-refractivity contribution in [3.8, 4) is 0 Å². The summed E-state index contributed by atoms with van der Waals surface area (Å²) in [7, 11) is 2.02. The molecule has 1 heterocycles. The van der Waals surface area contributed by atoms with Gasteiger partial charge in [-0.3, -0.25) is 0 Å². The van der Waals surface area contributed by atoms with Gasteiger partial charge in [-0.15, -0.1) is 0 Å². The molecule has 100 valence electrons. The number of aryl methyl sites for hydroxylation is 1. The van der Waals surface area contributed by atoms with Gasteiger partial charge in [-0.2, -0.15) is 0 Å². The summed E-state index contributed by atoms with van der Waals surface area (Å²) in [5, 5.41) is 0.749. The monoisotopic (exact) mass is 339 g/mol. The maximum absolute atomic E-state index is 5.91. The van der Waals surface area contributed by atoms with E-state index < -0.39 is 0 Å². The molecule has 19 heavy (non-hydrogen) atoms. The van der Waals surface area contributed by atoms with Crippen LogP contribution in [0.1, 0.15) is 24.4 Å². The van der Waals surface area contributed by atoms with Crippen molar-refractivity contribution in [3.05, 3.63) is 51.3 Å². The van der Waals surface area contributed by atoms with Crippen LogP contribution >= 0.6 is 27.5 Å². The highest BCUT2D eigenvalue weighted by atomic mass is 79.9. The van der Waals surface area contributed by atoms with Gasteiger partial charge in [0, 0.05) is 18.1 Å². The van der Waals surface area contributed by atoms with E-state index in [1.54, 1.807) is 0 Å². The van der Waals surface area contributed by atoms with Gasteiger partial charge in [0.1, 0.15) is 16.2 Å². The van der Waals surface area contributed by atoms with E-state index in [9.17, 15) is 0 Å². The summed E-state index contributed by atoms with van der Waals surface area (Å²) in [4.78, 5) is 10.8. The van der Waals surface area contributed by atoms with Gasteiger partial charge in [-0.1, -0.05) is 23.7 Å². The van der Waals surface area contributed by atoms with E-state index in [0.29, 0.717) is 0 Å². The second-order valence-corrected chi connectivity index (χ2v) is 5.68. The standard InChI is InChI=1S/C14H15BrClN3/c1-9(11-4-6-12(16)7-5-11)19(3)14-8-13(15)17-10(2)18-14/h4-9H,1-3H3. The van der Waals surface area contributed by atoms with Crippen molar-refractivity contribution in [3.63, 3.8) is 0 Å². The summed E-state index contributed by atoms with van der Waals surface area (Å²) >= 11 is 9.32. The molecule has 2 aromatic rings. The summed E-state index contributed by atoms with van der Waals surface area (Å²) in [5.74, 6) is 1.64. The minimum Gasteiger partial charge on any atom is -0.353 e. The number of rotatable bonds is 3. The number of hydrogen-bond acceptors (Lipinski definition) is 3. The molecule has 0 spiro atoms. The van der Waals surface area contributed by atoms with Gasteiger partial charge in [0.25, 0.3) is 0 Å². The van der Waals surface area contributed by atoms with Crippen molar-refractivity contribution in [2.24, 2.45) is 0 Å². The molecule has 1 atom stereocenters. The Kier molecular flexibility index (Phi) is 4.42. The zero-order valence-electron chi connectivity index (χ0n) is 11.1. The molecule has 3 nitrogen and oxygen atoms in total. The maximum atomic E-state index is 5.91. The van der Waals surface area contributed by atoms with Gasteiger partial charge in [0.05, 0.1) is 6.04 Å². The Balaban J connectivity index is 2.27. The molecule has 1 aromatic heterocycles. The van der Waals surface area contributed by atoms with Crippen molar-refractivity contribution < 1.29 is 0 Å². The molecule has 1 aromatic carbocycles. The zero-order valence-corrected chi connectivity index (χ0v) is 13.4. The van der Waals surface area contributed by atoms with Crippen LogP contribution in [-0.4, -0.2) is 17.0 Å². The third-order valence-corrected chi connectivity index (χ3v) is 3.75. The summed E-state index contributed by atoms with van der Waals surface area (Å²) in [6.07, 6.45) is 0. The van der Waals surface area contributed by atoms with Gasteiger partial charge in [-0.05, 0) is 47.5 Å². The van der Waals surface area contributed by atoms with Gasteiger partial charge >= 0.3 is 0 Å². The maximum Gasteiger partial charge on any atom is 0.133 e. The van der Waals surface area contributed by atoms with E-state index >= 15 is 0 Å². The average Bonchev–Trinajstić information content (AvgIpc) is 2.37. The zero-order chi connectivity index (χ0) is 14.0. The number of aromatic nitrogens is 2. The lowest BCUT2D eigenvalue weighted by molar-refractivity contribution is 0.724. The molecule has 0 saturated carbocycles. The van der Waals surface area contributed by atoms with Gasteiger partial charge in [0.15, 0.2) is 0 Å². The molecule has 0 aliphatic carbocycles. The molecule has 2 rings (SSSR count). The van der Waals surface area contributed by atoms with Gasteiger partial charge in [0.2, 0.25) is 0 Å². The molecule has 0 amide bonds. The van der Waals surface area contributed by atoms with E-state index in [-0.39, 0.29) is 6.04 Å². The fraction of sp³-hybridized carbons (Fsp3) is 0.286. The smallest absolute Gasteiger partial charge is 0.133 e. The van der Waals surface area contributed by atoms with Crippen LogP contribution in [0.15, 0.2) is 34.9 Å². The molecule has 0 radical (unpaired) electrons. The summed E-state index contributed by atoms with van der Waals surface area (Å²) in [6.45, 7) is 4.02. The topological polar surface area (TPSA) is 29.0 Å². The second-order valence-electron chi connectivity index (χ2n) is 4.43. The quantitative estimate of drug-likeness (QED) is 0.776. The first-order valence-corrected chi connectivity index (χ1v) is 7.14. The van der Waals surface area contributed by atoms with E-state index in [1.807, 2.05) is 44.3 Å². The Labute approximate surface area is 126 Å². The van der Waals surface area contributed by atoms with Crippen LogP contribution < -0.4 is 4.90 Å². The van der Waals surface area contributed by atoms with Crippen LogP contribution in [0.2, 0.25) is 5.02 Å². The van der Waals surface area contributed by atoms with Crippen LogP contribution in [0, 0.1) is 6.92 Å². The lowest BCUT2D eigenvalue weighted by Gasteiger charge is -2.26. The fourth-order valence-corrected chi connectivity index (χ4v) is 2.45.